The first-order valence-electron chi connectivity index (χ1n) is 7.08. The molecule has 1 unspecified atom stereocenters. The van der Waals surface area contributed by atoms with Crippen molar-refractivity contribution in [3.05, 3.63) is 0 Å². The molecular formula is C14H28N2O3. The van der Waals surface area contributed by atoms with Crippen molar-refractivity contribution in [2.75, 3.05) is 33.9 Å². The van der Waals surface area contributed by atoms with Crippen LogP contribution in [-0.2, 0) is 14.3 Å². The van der Waals surface area contributed by atoms with E-state index in [9.17, 15) is 4.79 Å². The lowest BCUT2D eigenvalue weighted by Gasteiger charge is -2.37. The normalized spacial score (nSPS) is 28.9. The summed E-state index contributed by atoms with van der Waals surface area (Å²) in [6, 6.07) is 0. The minimum absolute atomic E-state index is 0.0695. The summed E-state index contributed by atoms with van der Waals surface area (Å²) < 4.78 is 10.3. The molecule has 0 aromatic carbocycles. The van der Waals surface area contributed by atoms with Crippen LogP contribution in [0.25, 0.3) is 0 Å². The molecule has 0 bridgehead atoms. The van der Waals surface area contributed by atoms with Crippen LogP contribution in [0.4, 0.5) is 0 Å². The number of hydrogen-bond acceptors (Lipinski definition) is 4. The molecule has 3 N–H and O–H groups in total. The molecule has 0 aromatic rings. The molecule has 1 aliphatic rings. The van der Waals surface area contributed by atoms with Gasteiger partial charge >= 0.3 is 0 Å². The van der Waals surface area contributed by atoms with Gasteiger partial charge < -0.3 is 20.5 Å². The number of carbonyl (C=O) groups is 1. The highest BCUT2D eigenvalue weighted by Crippen LogP contribution is 2.38. The Hall–Kier alpha value is -0.650. The zero-order valence-corrected chi connectivity index (χ0v) is 12.4. The van der Waals surface area contributed by atoms with Crippen LogP contribution in [0.3, 0.4) is 0 Å². The molecule has 1 aliphatic carbocycles. The molecule has 0 saturated heterocycles. The molecule has 1 rings (SSSR count). The van der Waals surface area contributed by atoms with Gasteiger partial charge in [0.2, 0.25) is 5.91 Å². The minimum atomic E-state index is -0.377. The van der Waals surface area contributed by atoms with E-state index in [1.54, 1.807) is 14.2 Å². The third-order valence-electron chi connectivity index (χ3n) is 4.28. The number of nitrogens with two attached hydrogens (primary N) is 1. The Morgan fingerprint density at radius 1 is 1.42 bits per heavy atom. The number of rotatable bonds is 7. The van der Waals surface area contributed by atoms with E-state index in [0.717, 1.165) is 25.7 Å². The van der Waals surface area contributed by atoms with E-state index in [0.29, 0.717) is 25.6 Å². The molecule has 0 radical (unpaired) electrons. The summed E-state index contributed by atoms with van der Waals surface area (Å²) >= 11 is 0. The van der Waals surface area contributed by atoms with Crippen LogP contribution in [0.2, 0.25) is 0 Å². The molecule has 19 heavy (non-hydrogen) atoms. The summed E-state index contributed by atoms with van der Waals surface area (Å²) in [5.74, 6) is 0.771. The lowest BCUT2D eigenvalue weighted by Crippen LogP contribution is -2.50. The molecule has 1 saturated carbocycles. The number of nitrogens with one attached hydrogen (secondary N) is 1. The topological polar surface area (TPSA) is 73.6 Å². The van der Waals surface area contributed by atoms with Crippen LogP contribution in [-0.4, -0.2) is 45.9 Å². The highest BCUT2D eigenvalue weighted by Gasteiger charge is 2.39. The zero-order chi connectivity index (χ0) is 14.3. The molecule has 0 aliphatic heterocycles. The molecule has 1 fully saturated rings. The van der Waals surface area contributed by atoms with E-state index in [4.69, 9.17) is 15.2 Å². The van der Waals surface area contributed by atoms with Gasteiger partial charge in [0, 0.05) is 27.3 Å². The maximum atomic E-state index is 12.4. The minimum Gasteiger partial charge on any atom is -0.382 e. The fraction of sp³-hybridized carbons (Fsp3) is 0.929. The van der Waals surface area contributed by atoms with E-state index in [1.165, 1.54) is 0 Å². The fourth-order valence-electron chi connectivity index (χ4n) is 2.63. The Bertz CT molecular complexity index is 276. The van der Waals surface area contributed by atoms with Gasteiger partial charge in [-0.25, -0.2) is 0 Å². The molecule has 0 spiro atoms. The number of hydrogen-bond donors (Lipinski definition) is 2. The predicted octanol–water partition coefficient (Wildman–Crippen LogP) is 0.919. The van der Waals surface area contributed by atoms with E-state index in [-0.39, 0.29) is 17.4 Å². The SMILES string of the molecule is COCC(CNC(=O)C1(CN)CCC(C)CC1)OC. The number of ether oxygens (including phenoxy) is 2. The first kappa shape index (κ1) is 16.4. The Morgan fingerprint density at radius 2 is 2.05 bits per heavy atom. The number of methoxy groups -OCH3 is 2. The van der Waals surface area contributed by atoms with E-state index in [1.807, 2.05) is 0 Å². The monoisotopic (exact) mass is 272 g/mol. The second-order valence-electron chi connectivity index (χ2n) is 5.69. The quantitative estimate of drug-likeness (QED) is 0.723. The largest absolute Gasteiger partial charge is 0.382 e. The van der Waals surface area contributed by atoms with Gasteiger partial charge in [-0.3, -0.25) is 4.79 Å². The molecule has 0 heterocycles. The highest BCUT2D eigenvalue weighted by atomic mass is 16.5. The molecule has 112 valence electrons. The summed E-state index contributed by atoms with van der Waals surface area (Å²) in [4.78, 5) is 12.4. The second-order valence-corrected chi connectivity index (χ2v) is 5.69. The summed E-state index contributed by atoms with van der Waals surface area (Å²) in [5.41, 5.74) is 5.49. The van der Waals surface area contributed by atoms with Crippen molar-refractivity contribution in [3.8, 4) is 0 Å². The smallest absolute Gasteiger partial charge is 0.227 e. The van der Waals surface area contributed by atoms with Crippen LogP contribution in [0.5, 0.6) is 0 Å². The third kappa shape index (κ3) is 4.44. The van der Waals surface area contributed by atoms with Gasteiger partial charge in [-0.15, -0.1) is 0 Å². The van der Waals surface area contributed by atoms with E-state index >= 15 is 0 Å². The predicted molar refractivity (Wildman–Crippen MR) is 74.8 cm³/mol. The first-order valence-corrected chi connectivity index (χ1v) is 7.08. The number of amides is 1. The van der Waals surface area contributed by atoms with Gasteiger partial charge in [-0.2, -0.15) is 0 Å². The zero-order valence-electron chi connectivity index (χ0n) is 12.4. The van der Waals surface area contributed by atoms with Crippen LogP contribution in [0.1, 0.15) is 32.6 Å². The van der Waals surface area contributed by atoms with Crippen molar-refractivity contribution in [2.45, 2.75) is 38.7 Å². The average molecular weight is 272 g/mol. The van der Waals surface area contributed by atoms with E-state index < -0.39 is 0 Å². The van der Waals surface area contributed by atoms with Gasteiger partial charge in [0.15, 0.2) is 0 Å². The van der Waals surface area contributed by atoms with Crippen molar-refractivity contribution in [1.29, 1.82) is 0 Å². The van der Waals surface area contributed by atoms with Crippen molar-refractivity contribution >= 4 is 5.91 Å². The standard InChI is InChI=1S/C14H28N2O3/c1-11-4-6-14(10-15,7-5-11)13(17)16-8-12(19-3)9-18-2/h11-12H,4-10,15H2,1-3H3,(H,16,17). The molecule has 5 nitrogen and oxygen atoms in total. The maximum Gasteiger partial charge on any atom is 0.227 e. The summed E-state index contributed by atoms with van der Waals surface area (Å²) in [5, 5.41) is 2.97. The second kappa shape index (κ2) is 7.82. The van der Waals surface area contributed by atoms with Crippen molar-refractivity contribution in [2.24, 2.45) is 17.1 Å². The molecule has 1 atom stereocenters. The lowest BCUT2D eigenvalue weighted by molar-refractivity contribution is -0.133. The Labute approximate surface area is 116 Å². The highest BCUT2D eigenvalue weighted by molar-refractivity contribution is 5.83. The average Bonchev–Trinajstić information content (AvgIpc) is 2.44. The van der Waals surface area contributed by atoms with Gasteiger partial charge in [0.25, 0.3) is 0 Å². The van der Waals surface area contributed by atoms with Crippen molar-refractivity contribution in [1.82, 2.24) is 5.32 Å². The Morgan fingerprint density at radius 3 is 2.53 bits per heavy atom. The third-order valence-corrected chi connectivity index (χ3v) is 4.28. The van der Waals surface area contributed by atoms with Gasteiger partial charge in [-0.1, -0.05) is 6.92 Å². The lowest BCUT2D eigenvalue weighted by atomic mass is 9.70. The summed E-state index contributed by atoms with van der Waals surface area (Å²) in [6.45, 7) is 3.61. The maximum absolute atomic E-state index is 12.4. The molecule has 0 aromatic heterocycles. The Balaban J connectivity index is 2.50. The van der Waals surface area contributed by atoms with Crippen molar-refractivity contribution in [3.63, 3.8) is 0 Å². The molecular weight excluding hydrogens is 244 g/mol. The van der Waals surface area contributed by atoms with Gasteiger partial charge in [0.05, 0.1) is 18.1 Å². The first-order chi connectivity index (χ1) is 9.07. The van der Waals surface area contributed by atoms with Crippen molar-refractivity contribution < 1.29 is 14.3 Å². The van der Waals surface area contributed by atoms with Gasteiger partial charge in [0.1, 0.15) is 0 Å². The molecule has 5 heteroatoms. The molecule has 1 amide bonds. The van der Waals surface area contributed by atoms with Crippen LogP contribution < -0.4 is 11.1 Å². The van der Waals surface area contributed by atoms with Crippen LogP contribution in [0, 0.1) is 11.3 Å². The number of carbonyl (C=O) groups excluding carboxylic acids is 1. The fourth-order valence-corrected chi connectivity index (χ4v) is 2.63. The summed E-state index contributed by atoms with van der Waals surface area (Å²) in [7, 11) is 3.24. The summed E-state index contributed by atoms with van der Waals surface area (Å²) in [6.07, 6.45) is 3.83. The van der Waals surface area contributed by atoms with Crippen LogP contribution in [0.15, 0.2) is 0 Å². The van der Waals surface area contributed by atoms with Crippen LogP contribution >= 0.6 is 0 Å². The Kier molecular flexibility index (Phi) is 6.75. The van der Waals surface area contributed by atoms with E-state index in [2.05, 4.69) is 12.2 Å². The van der Waals surface area contributed by atoms with Gasteiger partial charge in [-0.05, 0) is 31.6 Å².